The first kappa shape index (κ1) is 35.6. The monoisotopic (exact) mass is 771 g/mol. The number of anilines is 2. The summed E-state index contributed by atoms with van der Waals surface area (Å²) in [5, 5.41) is 12.6. The lowest BCUT2D eigenvalue weighted by atomic mass is 9.87. The van der Waals surface area contributed by atoms with Crippen LogP contribution in [0.5, 0.6) is 11.5 Å². The van der Waals surface area contributed by atoms with Gasteiger partial charge in [-0.25, -0.2) is 4.68 Å². The van der Waals surface area contributed by atoms with Gasteiger partial charge in [0, 0.05) is 22.2 Å². The minimum Gasteiger partial charge on any atom is -0.493 e. The van der Waals surface area contributed by atoms with Gasteiger partial charge >= 0.3 is 0 Å². The van der Waals surface area contributed by atoms with Crippen LogP contribution in [0.4, 0.5) is 11.6 Å². The summed E-state index contributed by atoms with van der Waals surface area (Å²) in [6.45, 7) is 10.8. The van der Waals surface area contributed by atoms with Gasteiger partial charge in [-0.3, -0.25) is 4.79 Å². The lowest BCUT2D eigenvalue weighted by Crippen LogP contribution is -2.31. The number of aryl methyl sites for hydroxylation is 1. The summed E-state index contributed by atoms with van der Waals surface area (Å²) >= 11 is 11.7. The third-order valence-electron chi connectivity index (χ3n) is 8.56. The average Bonchev–Trinajstić information content (AvgIpc) is 3.49. The molecule has 0 radical (unpaired) electrons. The molecule has 1 aliphatic rings. The van der Waals surface area contributed by atoms with E-state index in [2.05, 4.69) is 71.6 Å². The fraction of sp³-hybridized carbons (Fsp3) is 0.256. The molecule has 0 spiro atoms. The van der Waals surface area contributed by atoms with Gasteiger partial charge in [0.1, 0.15) is 12.6 Å². The van der Waals surface area contributed by atoms with Crippen LogP contribution >= 0.6 is 39.3 Å². The van der Waals surface area contributed by atoms with Crippen LogP contribution in [-0.4, -0.2) is 27.8 Å². The predicted octanol–water partition coefficient (Wildman–Crippen LogP) is 10.1. The Bertz CT molecular complexity index is 2070. The molecule has 258 valence electrons. The molecule has 50 heavy (non-hydrogen) atoms. The summed E-state index contributed by atoms with van der Waals surface area (Å²) in [4.78, 5) is 19.0. The molecule has 8 nitrogen and oxygen atoms in total. The molecule has 0 bridgehead atoms. The van der Waals surface area contributed by atoms with Crippen LogP contribution in [0.15, 0.2) is 106 Å². The standard InChI is InChI=1S/C39H39BrClN5O3S/c1-23-11-7-10-14-31(23)43-36(47)33-24(2)42-37-44-38(50-22-26-12-8-9-13-30(26)41)45-46(37)34(33)27-19-29(40)35(32(20-27)48-6)49-21-25-15-17-28(18-16-25)39(3,4)5/h7-20,34H,21-22H2,1-6H3,(H,43,47)(H,42,44,45). The number of benzene rings is 4. The molecule has 4 aromatic carbocycles. The van der Waals surface area contributed by atoms with Crippen LogP contribution < -0.4 is 20.1 Å². The SMILES string of the molecule is COc1cc(C2C(C(=O)Nc3ccccc3C)=C(C)Nc3nc(SCc4ccccc4Cl)nn32)cc(Br)c1OCc1ccc(C(C)(C)C)cc1. The highest BCUT2D eigenvalue weighted by Crippen LogP contribution is 2.44. The lowest BCUT2D eigenvalue weighted by molar-refractivity contribution is -0.113. The van der Waals surface area contributed by atoms with Crippen LogP contribution in [0.3, 0.4) is 0 Å². The van der Waals surface area contributed by atoms with Crippen molar-refractivity contribution in [3.8, 4) is 11.5 Å². The molecule has 0 saturated carbocycles. The molecule has 1 aromatic heterocycles. The van der Waals surface area contributed by atoms with Gasteiger partial charge in [0.15, 0.2) is 11.5 Å². The Morgan fingerprint density at radius 1 is 1.04 bits per heavy atom. The highest BCUT2D eigenvalue weighted by atomic mass is 79.9. The first-order valence-corrected chi connectivity index (χ1v) is 18.4. The van der Waals surface area contributed by atoms with E-state index in [9.17, 15) is 4.79 Å². The fourth-order valence-corrected chi connectivity index (χ4v) is 7.44. The zero-order valence-electron chi connectivity index (χ0n) is 28.8. The van der Waals surface area contributed by atoms with E-state index >= 15 is 0 Å². The minimum absolute atomic E-state index is 0.0671. The maximum atomic E-state index is 14.2. The zero-order chi connectivity index (χ0) is 35.6. The molecular weight excluding hydrogens is 734 g/mol. The van der Waals surface area contributed by atoms with Crippen LogP contribution in [0.1, 0.15) is 61.6 Å². The summed E-state index contributed by atoms with van der Waals surface area (Å²) in [7, 11) is 1.61. The van der Waals surface area contributed by atoms with Crippen LogP contribution in [0, 0.1) is 6.92 Å². The fourth-order valence-electron chi connectivity index (χ4n) is 5.75. The number of hydrogen-bond donors (Lipinski definition) is 2. The number of aromatic nitrogens is 3. The molecule has 1 unspecified atom stereocenters. The number of nitrogens with one attached hydrogen (secondary N) is 2. The summed E-state index contributed by atoms with van der Waals surface area (Å²) in [6.07, 6.45) is 0. The zero-order valence-corrected chi connectivity index (χ0v) is 32.0. The number of carbonyl (C=O) groups is 1. The van der Waals surface area contributed by atoms with Crippen molar-refractivity contribution in [2.24, 2.45) is 0 Å². The highest BCUT2D eigenvalue weighted by molar-refractivity contribution is 9.10. The van der Waals surface area contributed by atoms with E-state index in [0.29, 0.717) is 55.7 Å². The molecule has 11 heteroatoms. The smallest absolute Gasteiger partial charge is 0.255 e. The van der Waals surface area contributed by atoms with Gasteiger partial charge in [-0.2, -0.15) is 4.98 Å². The van der Waals surface area contributed by atoms with Crippen LogP contribution in [-0.2, 0) is 22.6 Å². The Kier molecular flexibility index (Phi) is 10.6. The summed E-state index contributed by atoms with van der Waals surface area (Å²) in [5.74, 6) is 1.94. The second-order valence-corrected chi connectivity index (χ2v) is 15.4. The second kappa shape index (κ2) is 14.9. The first-order valence-electron chi connectivity index (χ1n) is 16.2. The minimum atomic E-state index is -0.637. The van der Waals surface area contributed by atoms with Gasteiger partial charge in [-0.05, 0) is 87.3 Å². The Labute approximate surface area is 310 Å². The van der Waals surface area contributed by atoms with Gasteiger partial charge < -0.3 is 20.1 Å². The molecule has 0 fully saturated rings. The van der Waals surface area contributed by atoms with Crippen molar-refractivity contribution in [2.45, 2.75) is 63.6 Å². The van der Waals surface area contributed by atoms with Gasteiger partial charge in [0.25, 0.3) is 5.91 Å². The van der Waals surface area contributed by atoms with E-state index in [1.54, 1.807) is 11.8 Å². The molecule has 2 N–H and O–H groups in total. The second-order valence-electron chi connectivity index (χ2n) is 13.1. The first-order chi connectivity index (χ1) is 23.9. The number of hydrogen-bond acceptors (Lipinski definition) is 7. The molecule has 1 aliphatic heterocycles. The third-order valence-corrected chi connectivity index (χ3v) is 10.4. The molecule has 0 saturated heterocycles. The van der Waals surface area contributed by atoms with Crippen molar-refractivity contribution in [3.05, 3.63) is 134 Å². The number of rotatable bonds is 10. The van der Waals surface area contributed by atoms with Crippen LogP contribution in [0.2, 0.25) is 5.02 Å². The van der Waals surface area contributed by atoms with Crippen molar-refractivity contribution in [3.63, 3.8) is 0 Å². The quantitative estimate of drug-likeness (QED) is 0.137. The molecule has 1 atom stereocenters. The maximum Gasteiger partial charge on any atom is 0.255 e. The number of allylic oxidation sites excluding steroid dienone is 1. The summed E-state index contributed by atoms with van der Waals surface area (Å²) in [6, 6.07) is 27.1. The molecule has 6 rings (SSSR count). The number of methoxy groups -OCH3 is 1. The largest absolute Gasteiger partial charge is 0.493 e. The van der Waals surface area contributed by atoms with E-state index in [4.69, 9.17) is 31.2 Å². The summed E-state index contributed by atoms with van der Waals surface area (Å²) < 4.78 is 14.7. The van der Waals surface area contributed by atoms with Gasteiger partial charge in [0.05, 0.1) is 17.2 Å². The topological polar surface area (TPSA) is 90.3 Å². The van der Waals surface area contributed by atoms with E-state index in [1.165, 1.54) is 17.3 Å². The Balaban J connectivity index is 1.35. The van der Waals surface area contributed by atoms with E-state index in [0.717, 1.165) is 27.9 Å². The number of nitrogens with zero attached hydrogens (tertiary/aromatic N) is 3. The molecular formula is C39H39BrClN5O3S. The Morgan fingerprint density at radius 2 is 1.76 bits per heavy atom. The number of para-hydroxylation sites is 1. The molecule has 0 aliphatic carbocycles. The Morgan fingerprint density at radius 3 is 2.46 bits per heavy atom. The summed E-state index contributed by atoms with van der Waals surface area (Å²) in [5.41, 5.74) is 6.96. The third kappa shape index (κ3) is 7.72. The van der Waals surface area contributed by atoms with E-state index < -0.39 is 6.04 Å². The maximum absolute atomic E-state index is 14.2. The van der Waals surface area contributed by atoms with Crippen LogP contribution in [0.25, 0.3) is 0 Å². The molecule has 5 aromatic rings. The molecule has 2 heterocycles. The number of ether oxygens (including phenoxy) is 2. The number of amides is 1. The predicted molar refractivity (Wildman–Crippen MR) is 205 cm³/mol. The number of carbonyl (C=O) groups excluding carboxylic acids is 1. The van der Waals surface area contributed by atoms with Gasteiger partial charge in [0.2, 0.25) is 11.1 Å². The average molecular weight is 773 g/mol. The lowest BCUT2D eigenvalue weighted by Gasteiger charge is -2.29. The van der Waals surface area contributed by atoms with Crippen molar-refractivity contribution in [1.82, 2.24) is 14.8 Å². The van der Waals surface area contributed by atoms with Crippen molar-refractivity contribution in [1.29, 1.82) is 0 Å². The number of thioether (sulfide) groups is 1. The molecule has 1 amide bonds. The van der Waals surface area contributed by atoms with Gasteiger partial charge in [-0.1, -0.05) is 105 Å². The van der Waals surface area contributed by atoms with Crippen molar-refractivity contribution >= 4 is 56.8 Å². The van der Waals surface area contributed by atoms with E-state index in [1.807, 2.05) is 74.5 Å². The van der Waals surface area contributed by atoms with Crippen molar-refractivity contribution < 1.29 is 14.3 Å². The van der Waals surface area contributed by atoms with E-state index in [-0.39, 0.29) is 11.3 Å². The normalized spacial score (nSPS) is 14.2. The number of halogens is 2. The number of fused-ring (bicyclic) bond motifs is 1. The Hall–Kier alpha value is -4.25. The van der Waals surface area contributed by atoms with Crippen molar-refractivity contribution in [2.75, 3.05) is 17.7 Å². The highest BCUT2D eigenvalue weighted by Gasteiger charge is 2.35. The van der Waals surface area contributed by atoms with Gasteiger partial charge in [-0.15, -0.1) is 5.10 Å².